The zero-order valence-electron chi connectivity index (χ0n) is 17.0. The highest BCUT2D eigenvalue weighted by molar-refractivity contribution is 5.79. The molecule has 3 aromatic carbocycles. The van der Waals surface area contributed by atoms with E-state index in [2.05, 4.69) is 6.58 Å². The Labute approximate surface area is 179 Å². The maximum absolute atomic E-state index is 13.5. The molecular weight excluding hydrogens is 388 g/mol. The third-order valence-corrected chi connectivity index (χ3v) is 6.23. The van der Waals surface area contributed by atoms with E-state index in [4.69, 9.17) is 14.5 Å². The summed E-state index contributed by atoms with van der Waals surface area (Å²) < 4.78 is 14.9. The number of aromatic nitrogens is 2. The first-order valence-corrected chi connectivity index (χ1v) is 10.2. The standard InChI is InChI=1S/C26H20N2O3/c1-3-25(18-9-5-4-6-10-18)16-30-26(31-25)20-15-17(2)13-14-22(20)28-23(29)19-11-7-8-12-21(19)27-24(26)28/h3-15H,1,16H2,2H3. The van der Waals surface area contributed by atoms with Crippen LogP contribution >= 0.6 is 0 Å². The molecule has 2 aliphatic rings. The Balaban J connectivity index is 1.67. The first-order valence-electron chi connectivity index (χ1n) is 10.2. The van der Waals surface area contributed by atoms with Crippen LogP contribution in [-0.2, 0) is 20.9 Å². The van der Waals surface area contributed by atoms with E-state index in [9.17, 15) is 4.79 Å². The molecule has 2 aliphatic heterocycles. The zero-order chi connectivity index (χ0) is 21.2. The molecule has 2 unspecified atom stereocenters. The molecule has 0 amide bonds. The summed E-state index contributed by atoms with van der Waals surface area (Å²) in [4.78, 5) is 18.4. The number of hydrogen-bond acceptors (Lipinski definition) is 4. The minimum Gasteiger partial charge on any atom is -0.336 e. The van der Waals surface area contributed by atoms with E-state index in [1.807, 2.05) is 73.7 Å². The van der Waals surface area contributed by atoms with Crippen molar-refractivity contribution in [2.75, 3.05) is 6.61 Å². The molecule has 0 aliphatic carbocycles. The number of benzene rings is 3. The highest BCUT2D eigenvalue weighted by Gasteiger charge is 2.58. The van der Waals surface area contributed by atoms with Gasteiger partial charge in [0.15, 0.2) is 5.82 Å². The second-order valence-electron chi connectivity index (χ2n) is 8.08. The van der Waals surface area contributed by atoms with Crippen molar-refractivity contribution in [1.29, 1.82) is 0 Å². The molecule has 4 aromatic rings. The number of hydrogen-bond donors (Lipinski definition) is 0. The Kier molecular flexibility index (Phi) is 3.67. The molecule has 0 N–H and O–H groups in total. The van der Waals surface area contributed by atoms with Gasteiger partial charge in [0.1, 0.15) is 5.60 Å². The van der Waals surface area contributed by atoms with Gasteiger partial charge in [-0.15, -0.1) is 0 Å². The third-order valence-electron chi connectivity index (χ3n) is 6.23. The van der Waals surface area contributed by atoms with Crippen LogP contribution < -0.4 is 5.56 Å². The highest BCUT2D eigenvalue weighted by atomic mass is 16.8. The molecule has 0 saturated carbocycles. The number of ether oxygens (including phenoxy) is 2. The fraction of sp³-hybridized carbons (Fsp3) is 0.154. The van der Waals surface area contributed by atoms with E-state index >= 15 is 0 Å². The van der Waals surface area contributed by atoms with E-state index in [-0.39, 0.29) is 12.2 Å². The predicted octanol–water partition coefficient (Wildman–Crippen LogP) is 4.34. The summed E-state index contributed by atoms with van der Waals surface area (Å²) in [5, 5.41) is 0.561. The Hall–Kier alpha value is -3.54. The summed E-state index contributed by atoms with van der Waals surface area (Å²) in [6.07, 6.45) is 1.77. The summed E-state index contributed by atoms with van der Waals surface area (Å²) in [7, 11) is 0. The van der Waals surface area contributed by atoms with Gasteiger partial charge in [-0.2, -0.15) is 0 Å². The van der Waals surface area contributed by atoms with E-state index in [1.165, 1.54) is 0 Å². The fourth-order valence-corrected chi connectivity index (χ4v) is 4.65. The lowest BCUT2D eigenvalue weighted by molar-refractivity contribution is -0.159. The van der Waals surface area contributed by atoms with Crippen molar-refractivity contribution in [1.82, 2.24) is 9.55 Å². The smallest absolute Gasteiger partial charge is 0.266 e. The van der Waals surface area contributed by atoms with Crippen LogP contribution in [0.2, 0.25) is 0 Å². The summed E-state index contributed by atoms with van der Waals surface area (Å²) in [5.74, 6) is -0.856. The van der Waals surface area contributed by atoms with Gasteiger partial charge in [0, 0.05) is 5.56 Å². The topological polar surface area (TPSA) is 53.4 Å². The van der Waals surface area contributed by atoms with E-state index in [0.29, 0.717) is 16.7 Å². The van der Waals surface area contributed by atoms with Gasteiger partial charge in [0.25, 0.3) is 11.3 Å². The van der Waals surface area contributed by atoms with Gasteiger partial charge in [-0.05, 0) is 36.8 Å². The molecular formula is C26H20N2O3. The molecule has 0 radical (unpaired) electrons. The van der Waals surface area contributed by atoms with Crippen molar-refractivity contribution in [3.63, 3.8) is 0 Å². The van der Waals surface area contributed by atoms with Gasteiger partial charge >= 0.3 is 0 Å². The van der Waals surface area contributed by atoms with Crippen LogP contribution in [0.1, 0.15) is 22.5 Å². The summed E-state index contributed by atoms with van der Waals surface area (Å²) in [5.41, 5.74) is 3.13. The van der Waals surface area contributed by atoms with Crippen molar-refractivity contribution in [2.45, 2.75) is 18.3 Å². The molecule has 1 fully saturated rings. The second kappa shape index (κ2) is 6.23. The van der Waals surface area contributed by atoms with Crippen molar-refractivity contribution in [2.24, 2.45) is 0 Å². The van der Waals surface area contributed by atoms with E-state index in [1.54, 1.807) is 16.7 Å². The first-order chi connectivity index (χ1) is 15.1. The van der Waals surface area contributed by atoms with E-state index < -0.39 is 11.4 Å². The van der Waals surface area contributed by atoms with Crippen LogP contribution in [-0.4, -0.2) is 16.2 Å². The Morgan fingerprint density at radius 2 is 1.84 bits per heavy atom. The summed E-state index contributed by atoms with van der Waals surface area (Å²) >= 11 is 0. The molecule has 152 valence electrons. The highest BCUT2D eigenvalue weighted by Crippen LogP contribution is 2.53. The second-order valence-corrected chi connectivity index (χ2v) is 8.08. The SMILES string of the molecule is C=CC1(c2ccccc2)COC2(O1)c1cc(C)ccc1-n1c2nc2ccccc2c1=O. The quantitative estimate of drug-likeness (QED) is 0.463. The Bertz CT molecular complexity index is 1430. The minimum atomic E-state index is -1.30. The molecule has 5 nitrogen and oxygen atoms in total. The maximum Gasteiger partial charge on any atom is 0.266 e. The number of fused-ring (bicyclic) bond motifs is 6. The average molecular weight is 408 g/mol. The lowest BCUT2D eigenvalue weighted by Crippen LogP contribution is -2.34. The average Bonchev–Trinajstić information content (AvgIpc) is 3.33. The minimum absolute atomic E-state index is 0.134. The molecule has 1 aromatic heterocycles. The van der Waals surface area contributed by atoms with Gasteiger partial charge in [0.2, 0.25) is 0 Å². The molecule has 2 atom stereocenters. The summed E-state index contributed by atoms with van der Waals surface area (Å²) in [6.45, 7) is 6.32. The lowest BCUT2D eigenvalue weighted by atomic mass is 9.94. The van der Waals surface area contributed by atoms with Crippen molar-refractivity contribution in [3.05, 3.63) is 118 Å². The number of rotatable bonds is 2. The fourth-order valence-electron chi connectivity index (χ4n) is 4.65. The molecule has 1 spiro atoms. The number of nitrogens with zero attached hydrogens (tertiary/aromatic N) is 2. The van der Waals surface area contributed by atoms with Gasteiger partial charge in [-0.25, -0.2) is 4.98 Å². The molecule has 0 bridgehead atoms. The number of aryl methyl sites for hydroxylation is 1. The number of para-hydroxylation sites is 1. The molecule has 1 saturated heterocycles. The molecule has 3 heterocycles. The Morgan fingerprint density at radius 1 is 1.06 bits per heavy atom. The van der Waals surface area contributed by atoms with Gasteiger partial charge in [0.05, 0.1) is 23.2 Å². The normalized spacial score (nSPS) is 23.8. The summed E-state index contributed by atoms with van der Waals surface area (Å²) in [6, 6.07) is 23.2. The van der Waals surface area contributed by atoms with Gasteiger partial charge in [-0.1, -0.05) is 66.7 Å². The predicted molar refractivity (Wildman–Crippen MR) is 118 cm³/mol. The lowest BCUT2D eigenvalue weighted by Gasteiger charge is -2.28. The van der Waals surface area contributed by atoms with Crippen LogP contribution in [0.4, 0.5) is 0 Å². The van der Waals surface area contributed by atoms with E-state index in [0.717, 1.165) is 22.4 Å². The van der Waals surface area contributed by atoms with Crippen LogP contribution in [0, 0.1) is 6.92 Å². The van der Waals surface area contributed by atoms with Crippen LogP contribution in [0.15, 0.2) is 90.2 Å². The molecule has 31 heavy (non-hydrogen) atoms. The van der Waals surface area contributed by atoms with Crippen LogP contribution in [0.5, 0.6) is 0 Å². The van der Waals surface area contributed by atoms with Crippen molar-refractivity contribution < 1.29 is 9.47 Å². The first kappa shape index (κ1) is 18.2. The zero-order valence-corrected chi connectivity index (χ0v) is 17.0. The van der Waals surface area contributed by atoms with Gasteiger partial charge in [-0.3, -0.25) is 9.36 Å². The van der Waals surface area contributed by atoms with Crippen molar-refractivity contribution in [3.8, 4) is 5.69 Å². The van der Waals surface area contributed by atoms with Crippen LogP contribution in [0.25, 0.3) is 16.6 Å². The monoisotopic (exact) mass is 408 g/mol. The Morgan fingerprint density at radius 3 is 2.65 bits per heavy atom. The van der Waals surface area contributed by atoms with Crippen molar-refractivity contribution >= 4 is 10.9 Å². The van der Waals surface area contributed by atoms with Gasteiger partial charge < -0.3 is 9.47 Å². The third kappa shape index (κ3) is 2.33. The largest absolute Gasteiger partial charge is 0.336 e. The maximum atomic E-state index is 13.5. The van der Waals surface area contributed by atoms with Crippen LogP contribution in [0.3, 0.4) is 0 Å². The molecule has 5 heteroatoms. The molecule has 6 rings (SSSR count).